The van der Waals surface area contributed by atoms with Crippen LogP contribution in [0.15, 0.2) is 79.3 Å². The third kappa shape index (κ3) is 5.97. The van der Waals surface area contributed by atoms with E-state index in [1.54, 1.807) is 4.90 Å². The Bertz CT molecular complexity index is 917. The summed E-state index contributed by atoms with van der Waals surface area (Å²) in [5.41, 5.74) is 2.29. The van der Waals surface area contributed by atoms with Gasteiger partial charge in [-0.3, -0.25) is 14.6 Å². The summed E-state index contributed by atoms with van der Waals surface area (Å²) in [6.07, 6.45) is 4.66. The summed E-state index contributed by atoms with van der Waals surface area (Å²) in [4.78, 5) is 35.1. The molecule has 0 aliphatic heterocycles. The average molecular weight is 388 g/mol. The third-order valence-electron chi connectivity index (χ3n) is 4.57. The molecule has 0 saturated heterocycles. The van der Waals surface area contributed by atoms with Gasteiger partial charge in [0.15, 0.2) is 0 Å². The van der Waals surface area contributed by atoms with Gasteiger partial charge in [0.1, 0.15) is 5.69 Å². The largest absolute Gasteiger partial charge is 0.350 e. The molecule has 0 aliphatic carbocycles. The van der Waals surface area contributed by atoms with E-state index in [9.17, 15) is 9.59 Å². The van der Waals surface area contributed by atoms with E-state index in [2.05, 4.69) is 15.3 Å². The number of rotatable bonds is 8. The third-order valence-corrected chi connectivity index (χ3v) is 4.57. The van der Waals surface area contributed by atoms with Crippen LogP contribution in [0.2, 0.25) is 0 Å². The van der Waals surface area contributed by atoms with E-state index in [0.717, 1.165) is 11.1 Å². The lowest BCUT2D eigenvalue weighted by Gasteiger charge is -2.23. The van der Waals surface area contributed by atoms with Crippen LogP contribution in [0.4, 0.5) is 0 Å². The van der Waals surface area contributed by atoms with E-state index in [-0.39, 0.29) is 36.5 Å². The second kappa shape index (κ2) is 10.1. The average Bonchev–Trinajstić information content (AvgIpc) is 2.78. The Morgan fingerprint density at radius 2 is 1.69 bits per heavy atom. The van der Waals surface area contributed by atoms with E-state index in [1.807, 2.05) is 67.6 Å². The van der Waals surface area contributed by atoms with Gasteiger partial charge in [0, 0.05) is 31.9 Å². The number of nitrogens with zero attached hydrogens (tertiary/aromatic N) is 3. The van der Waals surface area contributed by atoms with Crippen molar-refractivity contribution in [3.8, 4) is 0 Å². The lowest BCUT2D eigenvalue weighted by atomic mass is 10.1. The maximum Gasteiger partial charge on any atom is 0.274 e. The minimum Gasteiger partial charge on any atom is -0.350 e. The van der Waals surface area contributed by atoms with Gasteiger partial charge in [0.2, 0.25) is 5.91 Å². The molecule has 2 amide bonds. The highest BCUT2D eigenvalue weighted by Crippen LogP contribution is 2.12. The van der Waals surface area contributed by atoms with Crippen LogP contribution in [0.3, 0.4) is 0 Å². The predicted molar refractivity (Wildman–Crippen MR) is 111 cm³/mol. The first kappa shape index (κ1) is 20.2. The molecule has 1 N–H and O–H groups in total. The first-order valence-corrected chi connectivity index (χ1v) is 9.57. The van der Waals surface area contributed by atoms with Crippen molar-refractivity contribution in [2.45, 2.75) is 25.9 Å². The molecule has 0 saturated carbocycles. The fraction of sp³-hybridized carbons (Fsp3) is 0.217. The topological polar surface area (TPSA) is 75.2 Å². The fourth-order valence-electron chi connectivity index (χ4n) is 3.00. The van der Waals surface area contributed by atoms with Crippen molar-refractivity contribution in [2.24, 2.45) is 0 Å². The minimum absolute atomic E-state index is 0.0954. The Morgan fingerprint density at radius 3 is 2.34 bits per heavy atom. The fourth-order valence-corrected chi connectivity index (χ4v) is 3.00. The quantitative estimate of drug-likeness (QED) is 0.642. The molecule has 0 spiro atoms. The van der Waals surface area contributed by atoms with E-state index in [0.29, 0.717) is 6.54 Å². The Kier molecular flexibility index (Phi) is 7.05. The number of nitrogens with one attached hydrogen (secondary N) is 1. The molecule has 0 aliphatic rings. The predicted octanol–water partition coefficient (Wildman–Crippen LogP) is 3.39. The second-order valence-electron chi connectivity index (χ2n) is 6.75. The second-order valence-corrected chi connectivity index (χ2v) is 6.75. The van der Waals surface area contributed by atoms with Crippen molar-refractivity contribution in [2.75, 3.05) is 6.54 Å². The first-order chi connectivity index (χ1) is 14.1. The van der Waals surface area contributed by atoms with Crippen molar-refractivity contribution >= 4 is 11.8 Å². The molecule has 2 aromatic carbocycles. The zero-order valence-electron chi connectivity index (χ0n) is 16.4. The molecular formula is C23H24N4O2. The minimum atomic E-state index is -0.245. The smallest absolute Gasteiger partial charge is 0.274 e. The van der Waals surface area contributed by atoms with Crippen LogP contribution in [0.5, 0.6) is 0 Å². The lowest BCUT2D eigenvalue weighted by Crippen LogP contribution is -2.36. The maximum absolute atomic E-state index is 12.9. The van der Waals surface area contributed by atoms with E-state index < -0.39 is 0 Å². The molecule has 6 heteroatoms. The van der Waals surface area contributed by atoms with Gasteiger partial charge >= 0.3 is 0 Å². The summed E-state index contributed by atoms with van der Waals surface area (Å²) in [7, 11) is 0. The molecule has 1 atom stereocenters. The normalized spacial score (nSPS) is 11.5. The Hall–Kier alpha value is -3.54. The van der Waals surface area contributed by atoms with Gasteiger partial charge in [-0.1, -0.05) is 60.7 Å². The molecule has 1 aromatic heterocycles. The summed E-state index contributed by atoms with van der Waals surface area (Å²) in [5.74, 6) is -0.350. The molecule has 29 heavy (non-hydrogen) atoms. The van der Waals surface area contributed by atoms with Gasteiger partial charge in [0.05, 0.1) is 12.2 Å². The number of hydrogen-bond acceptors (Lipinski definition) is 4. The van der Waals surface area contributed by atoms with E-state index in [4.69, 9.17) is 0 Å². The molecule has 3 aromatic rings. The zero-order valence-corrected chi connectivity index (χ0v) is 16.4. The summed E-state index contributed by atoms with van der Waals surface area (Å²) in [6.45, 7) is 2.63. The van der Waals surface area contributed by atoms with Crippen LogP contribution in [0.1, 0.15) is 41.0 Å². The number of aromatic nitrogens is 2. The van der Waals surface area contributed by atoms with Gasteiger partial charge in [-0.25, -0.2) is 4.98 Å². The molecule has 6 nitrogen and oxygen atoms in total. The highest BCUT2D eigenvalue weighted by atomic mass is 16.2. The standard InChI is InChI=1S/C23H24N4O2/c1-18(20-10-6-3-7-11-20)26-22(28)12-15-27(17-19-8-4-2-5-9-19)23(29)21-16-24-13-14-25-21/h2-11,13-14,16,18H,12,15,17H2,1H3,(H,26,28). The van der Waals surface area contributed by atoms with Crippen molar-refractivity contribution < 1.29 is 9.59 Å². The highest BCUT2D eigenvalue weighted by Gasteiger charge is 2.19. The number of carbonyl (C=O) groups excluding carboxylic acids is 2. The molecule has 148 valence electrons. The Labute approximate surface area is 170 Å². The van der Waals surface area contributed by atoms with Crippen LogP contribution in [-0.2, 0) is 11.3 Å². The molecule has 0 bridgehead atoms. The first-order valence-electron chi connectivity index (χ1n) is 9.57. The summed E-state index contributed by atoms with van der Waals surface area (Å²) >= 11 is 0. The molecule has 0 radical (unpaired) electrons. The molecule has 3 rings (SSSR count). The van der Waals surface area contributed by atoms with Crippen LogP contribution in [-0.4, -0.2) is 33.2 Å². The summed E-state index contributed by atoms with van der Waals surface area (Å²) in [6, 6.07) is 19.4. The summed E-state index contributed by atoms with van der Waals surface area (Å²) < 4.78 is 0. The van der Waals surface area contributed by atoms with Crippen molar-refractivity contribution in [3.05, 3.63) is 96.1 Å². The SMILES string of the molecule is CC(NC(=O)CCN(Cc1ccccc1)C(=O)c1cnccn1)c1ccccc1. The van der Waals surface area contributed by atoms with Crippen LogP contribution in [0, 0.1) is 0 Å². The number of amides is 2. The van der Waals surface area contributed by atoms with Crippen molar-refractivity contribution in [3.63, 3.8) is 0 Å². The van der Waals surface area contributed by atoms with Gasteiger partial charge < -0.3 is 10.2 Å². The van der Waals surface area contributed by atoms with Gasteiger partial charge in [-0.05, 0) is 18.1 Å². The maximum atomic E-state index is 12.9. The Morgan fingerprint density at radius 1 is 1.00 bits per heavy atom. The van der Waals surface area contributed by atoms with Crippen LogP contribution >= 0.6 is 0 Å². The molecule has 1 unspecified atom stereocenters. The van der Waals surface area contributed by atoms with Crippen molar-refractivity contribution in [1.29, 1.82) is 0 Å². The molecular weight excluding hydrogens is 364 g/mol. The number of hydrogen-bond donors (Lipinski definition) is 1. The lowest BCUT2D eigenvalue weighted by molar-refractivity contribution is -0.121. The summed E-state index contributed by atoms with van der Waals surface area (Å²) in [5, 5.41) is 2.99. The van der Waals surface area contributed by atoms with E-state index >= 15 is 0 Å². The Balaban J connectivity index is 1.64. The van der Waals surface area contributed by atoms with Crippen LogP contribution in [0.25, 0.3) is 0 Å². The van der Waals surface area contributed by atoms with E-state index in [1.165, 1.54) is 18.6 Å². The van der Waals surface area contributed by atoms with Crippen molar-refractivity contribution in [1.82, 2.24) is 20.2 Å². The van der Waals surface area contributed by atoms with Gasteiger partial charge in [0.25, 0.3) is 5.91 Å². The highest BCUT2D eigenvalue weighted by molar-refractivity contribution is 5.92. The zero-order chi connectivity index (χ0) is 20.5. The number of carbonyl (C=O) groups is 2. The van der Waals surface area contributed by atoms with Gasteiger partial charge in [-0.2, -0.15) is 0 Å². The monoisotopic (exact) mass is 388 g/mol. The van der Waals surface area contributed by atoms with Crippen LogP contribution < -0.4 is 5.32 Å². The molecule has 1 heterocycles. The van der Waals surface area contributed by atoms with Gasteiger partial charge in [-0.15, -0.1) is 0 Å². The molecule has 0 fully saturated rings. The number of benzene rings is 2.